The lowest BCUT2D eigenvalue weighted by Gasteiger charge is -2.25. The molecule has 0 aromatic heterocycles. The summed E-state index contributed by atoms with van der Waals surface area (Å²) in [5, 5.41) is 9.48. The molecular formula is C15H13F2NO3S. The predicted octanol–water partition coefficient (Wildman–Crippen LogP) is 2.08. The van der Waals surface area contributed by atoms with Crippen molar-refractivity contribution in [2.45, 2.75) is 17.4 Å². The number of para-hydroxylation sites is 1. The van der Waals surface area contributed by atoms with Crippen LogP contribution in [-0.2, 0) is 16.4 Å². The van der Waals surface area contributed by atoms with Gasteiger partial charge in [-0.05, 0) is 36.2 Å². The third-order valence-corrected chi connectivity index (χ3v) is 5.54. The number of anilines is 1. The van der Waals surface area contributed by atoms with Crippen LogP contribution in [0.3, 0.4) is 0 Å². The third-order valence-electron chi connectivity index (χ3n) is 3.67. The molecule has 0 spiro atoms. The molecule has 0 aliphatic carbocycles. The minimum Gasteiger partial charge on any atom is -0.394 e. The Kier molecular flexibility index (Phi) is 3.62. The van der Waals surface area contributed by atoms with E-state index < -0.39 is 27.7 Å². The highest BCUT2D eigenvalue weighted by atomic mass is 32.2. The smallest absolute Gasteiger partial charge is 0.264 e. The summed E-state index contributed by atoms with van der Waals surface area (Å²) in [4.78, 5) is -0.346. The van der Waals surface area contributed by atoms with Gasteiger partial charge in [0.25, 0.3) is 10.0 Å². The predicted molar refractivity (Wildman–Crippen MR) is 77.0 cm³/mol. The molecule has 0 unspecified atom stereocenters. The molecule has 1 aliphatic rings. The van der Waals surface area contributed by atoms with Crippen molar-refractivity contribution in [3.8, 4) is 0 Å². The molecular weight excluding hydrogens is 312 g/mol. The fourth-order valence-electron chi connectivity index (χ4n) is 2.65. The maximum atomic E-state index is 13.4. The first-order valence-electron chi connectivity index (χ1n) is 6.63. The Bertz CT molecular complexity index is 823. The second kappa shape index (κ2) is 5.33. The molecule has 4 nitrogen and oxygen atoms in total. The summed E-state index contributed by atoms with van der Waals surface area (Å²) in [6, 6.07) is 8.66. The molecule has 1 heterocycles. The van der Waals surface area contributed by atoms with E-state index in [9.17, 15) is 22.3 Å². The molecule has 1 atom stereocenters. The van der Waals surface area contributed by atoms with Gasteiger partial charge in [-0.2, -0.15) is 0 Å². The topological polar surface area (TPSA) is 57.6 Å². The lowest BCUT2D eigenvalue weighted by Crippen LogP contribution is -2.40. The highest BCUT2D eigenvalue weighted by Crippen LogP contribution is 2.36. The molecule has 116 valence electrons. The first kappa shape index (κ1) is 14.9. The zero-order valence-electron chi connectivity index (χ0n) is 11.4. The number of rotatable bonds is 3. The van der Waals surface area contributed by atoms with E-state index in [1.54, 1.807) is 24.3 Å². The van der Waals surface area contributed by atoms with E-state index in [1.807, 2.05) is 0 Å². The van der Waals surface area contributed by atoms with Crippen LogP contribution < -0.4 is 4.31 Å². The summed E-state index contributed by atoms with van der Waals surface area (Å²) in [6.45, 7) is -0.364. The van der Waals surface area contributed by atoms with Crippen LogP contribution in [0.25, 0.3) is 0 Å². The van der Waals surface area contributed by atoms with Crippen molar-refractivity contribution in [2.75, 3.05) is 10.9 Å². The average molecular weight is 325 g/mol. The molecule has 0 fully saturated rings. The minimum absolute atomic E-state index is 0.346. The Labute approximate surface area is 126 Å². The molecule has 0 bridgehead atoms. The molecule has 3 rings (SSSR count). The van der Waals surface area contributed by atoms with Gasteiger partial charge in [-0.3, -0.25) is 4.31 Å². The Morgan fingerprint density at radius 2 is 1.86 bits per heavy atom. The van der Waals surface area contributed by atoms with Crippen LogP contribution in [-0.4, -0.2) is 26.2 Å². The summed E-state index contributed by atoms with van der Waals surface area (Å²) in [7, 11) is -4.09. The van der Waals surface area contributed by atoms with E-state index >= 15 is 0 Å². The summed E-state index contributed by atoms with van der Waals surface area (Å²) >= 11 is 0. The molecule has 1 N–H and O–H groups in total. The highest BCUT2D eigenvalue weighted by molar-refractivity contribution is 7.92. The van der Waals surface area contributed by atoms with Crippen LogP contribution in [0.5, 0.6) is 0 Å². The normalized spacial score (nSPS) is 17.6. The average Bonchev–Trinajstić information content (AvgIpc) is 2.89. The molecule has 7 heteroatoms. The van der Waals surface area contributed by atoms with Gasteiger partial charge in [0, 0.05) is 0 Å². The Morgan fingerprint density at radius 1 is 1.14 bits per heavy atom. The standard InChI is InChI=1S/C15H13F2NO3S/c16-13-6-5-12(8-14(13)17)22(20,21)18-11(9-19)7-10-3-1-2-4-15(10)18/h1-6,8,11,19H,7,9H2/t11-/m0/s1. The van der Waals surface area contributed by atoms with Crippen molar-refractivity contribution < 1.29 is 22.3 Å². The van der Waals surface area contributed by atoms with Crippen molar-refractivity contribution in [1.29, 1.82) is 0 Å². The van der Waals surface area contributed by atoms with Gasteiger partial charge in [0.05, 0.1) is 23.2 Å². The fourth-order valence-corrected chi connectivity index (χ4v) is 4.34. The van der Waals surface area contributed by atoms with E-state index in [0.717, 1.165) is 22.0 Å². The molecule has 2 aromatic carbocycles. The molecule has 0 amide bonds. The van der Waals surface area contributed by atoms with E-state index in [2.05, 4.69) is 0 Å². The number of aliphatic hydroxyl groups is 1. The van der Waals surface area contributed by atoms with Gasteiger partial charge in [-0.1, -0.05) is 18.2 Å². The van der Waals surface area contributed by atoms with E-state index in [4.69, 9.17) is 0 Å². The van der Waals surface area contributed by atoms with Crippen molar-refractivity contribution in [3.05, 3.63) is 59.7 Å². The van der Waals surface area contributed by atoms with Crippen LogP contribution in [0.15, 0.2) is 47.4 Å². The zero-order valence-corrected chi connectivity index (χ0v) is 12.2. The largest absolute Gasteiger partial charge is 0.394 e. The summed E-state index contributed by atoms with van der Waals surface area (Å²) in [5.74, 6) is -2.34. The minimum atomic E-state index is -4.09. The van der Waals surface area contributed by atoms with Gasteiger partial charge in [-0.25, -0.2) is 17.2 Å². The zero-order chi connectivity index (χ0) is 15.9. The van der Waals surface area contributed by atoms with Crippen molar-refractivity contribution >= 4 is 15.7 Å². The molecule has 2 aromatic rings. The molecule has 22 heavy (non-hydrogen) atoms. The Hall–Kier alpha value is -1.99. The lowest BCUT2D eigenvalue weighted by molar-refractivity contribution is 0.270. The van der Waals surface area contributed by atoms with Gasteiger partial charge in [0.15, 0.2) is 11.6 Å². The third kappa shape index (κ3) is 2.26. The van der Waals surface area contributed by atoms with Crippen LogP contribution >= 0.6 is 0 Å². The summed E-state index contributed by atoms with van der Waals surface area (Å²) in [6.07, 6.45) is 0.371. The number of hydrogen-bond acceptors (Lipinski definition) is 3. The van der Waals surface area contributed by atoms with Crippen molar-refractivity contribution in [2.24, 2.45) is 0 Å². The van der Waals surface area contributed by atoms with Crippen LogP contribution in [0.2, 0.25) is 0 Å². The first-order chi connectivity index (χ1) is 10.4. The monoisotopic (exact) mass is 325 g/mol. The molecule has 0 radical (unpaired) electrons. The number of nitrogens with zero attached hydrogens (tertiary/aromatic N) is 1. The highest BCUT2D eigenvalue weighted by Gasteiger charge is 2.38. The van der Waals surface area contributed by atoms with E-state index in [0.29, 0.717) is 18.2 Å². The maximum absolute atomic E-state index is 13.4. The summed E-state index contributed by atoms with van der Waals surface area (Å²) in [5.41, 5.74) is 1.24. The molecule has 0 saturated carbocycles. The van der Waals surface area contributed by atoms with Gasteiger partial charge in [0.2, 0.25) is 0 Å². The number of benzene rings is 2. The second-order valence-electron chi connectivity index (χ2n) is 5.05. The second-order valence-corrected chi connectivity index (χ2v) is 6.86. The number of sulfonamides is 1. The lowest BCUT2D eigenvalue weighted by atomic mass is 10.1. The van der Waals surface area contributed by atoms with Crippen LogP contribution in [0.4, 0.5) is 14.5 Å². The summed E-state index contributed by atoms with van der Waals surface area (Å²) < 4.78 is 53.0. The molecule has 0 saturated heterocycles. The SMILES string of the molecule is O=S(=O)(c1ccc(F)c(F)c1)N1c2ccccc2C[C@H]1CO. The van der Waals surface area contributed by atoms with Crippen LogP contribution in [0.1, 0.15) is 5.56 Å². The van der Waals surface area contributed by atoms with Gasteiger partial charge >= 0.3 is 0 Å². The number of aliphatic hydroxyl groups excluding tert-OH is 1. The quantitative estimate of drug-likeness (QED) is 0.940. The fraction of sp³-hybridized carbons (Fsp3) is 0.200. The maximum Gasteiger partial charge on any atom is 0.264 e. The van der Waals surface area contributed by atoms with E-state index in [-0.39, 0.29) is 11.5 Å². The number of halogens is 2. The van der Waals surface area contributed by atoms with Gasteiger partial charge in [-0.15, -0.1) is 0 Å². The van der Waals surface area contributed by atoms with Crippen LogP contribution in [0, 0.1) is 11.6 Å². The Morgan fingerprint density at radius 3 is 2.55 bits per heavy atom. The Balaban J connectivity index is 2.13. The number of fused-ring (bicyclic) bond motifs is 1. The van der Waals surface area contributed by atoms with Crippen molar-refractivity contribution in [1.82, 2.24) is 0 Å². The molecule has 1 aliphatic heterocycles. The van der Waals surface area contributed by atoms with Gasteiger partial charge in [0.1, 0.15) is 0 Å². The first-order valence-corrected chi connectivity index (χ1v) is 8.07. The van der Waals surface area contributed by atoms with Crippen molar-refractivity contribution in [3.63, 3.8) is 0 Å². The van der Waals surface area contributed by atoms with E-state index in [1.165, 1.54) is 0 Å². The van der Waals surface area contributed by atoms with Gasteiger partial charge < -0.3 is 5.11 Å². The number of hydrogen-bond donors (Lipinski definition) is 1.